The van der Waals surface area contributed by atoms with Crippen molar-refractivity contribution in [3.63, 3.8) is 0 Å². The number of quaternary nitrogens is 1. The third-order valence-corrected chi connectivity index (χ3v) is 7.58. The Hall–Kier alpha value is -1.67. The van der Waals surface area contributed by atoms with E-state index in [4.69, 9.17) is 4.74 Å². The third-order valence-electron chi connectivity index (χ3n) is 7.58. The van der Waals surface area contributed by atoms with Gasteiger partial charge < -0.3 is 19.9 Å². The highest BCUT2D eigenvalue weighted by molar-refractivity contribution is 5.96. The number of nitrogens with zero attached hydrogens (tertiary/aromatic N) is 1. The molecule has 8 heteroatoms. The molecule has 5 fully saturated rings. The average molecular weight is 408 g/mol. The lowest BCUT2D eigenvalue weighted by Gasteiger charge is -2.56. The van der Waals surface area contributed by atoms with Gasteiger partial charge in [0.25, 0.3) is 11.8 Å². The molecular weight excluding hydrogens is 372 g/mol. The molecule has 29 heavy (non-hydrogen) atoms. The number of urea groups is 1. The highest BCUT2D eigenvalue weighted by Crippen LogP contribution is 2.55. The van der Waals surface area contributed by atoms with Crippen molar-refractivity contribution in [3.8, 4) is 0 Å². The van der Waals surface area contributed by atoms with E-state index >= 15 is 0 Å². The molecule has 5 aliphatic rings. The number of hydrogen-bond acceptors (Lipinski definition) is 4. The summed E-state index contributed by atoms with van der Waals surface area (Å²) in [5, 5.41) is 5.71. The van der Waals surface area contributed by atoms with Crippen molar-refractivity contribution in [2.24, 2.45) is 17.8 Å². The summed E-state index contributed by atoms with van der Waals surface area (Å²) in [6.45, 7) is 4.30. The molecule has 2 atom stereocenters. The fraction of sp³-hybridized carbons (Fsp3) is 0.857. The minimum absolute atomic E-state index is 0.0171. The Morgan fingerprint density at radius 1 is 1.07 bits per heavy atom. The van der Waals surface area contributed by atoms with E-state index in [0.717, 1.165) is 41.9 Å². The highest BCUT2D eigenvalue weighted by atomic mass is 16.5. The first-order valence-electron chi connectivity index (χ1n) is 11.1. The number of rotatable bonds is 5. The van der Waals surface area contributed by atoms with Crippen LogP contribution in [0.4, 0.5) is 4.79 Å². The van der Waals surface area contributed by atoms with Crippen LogP contribution in [0.1, 0.15) is 45.4 Å². The summed E-state index contributed by atoms with van der Waals surface area (Å²) in [6, 6.07) is -0.863. The zero-order valence-corrected chi connectivity index (χ0v) is 17.7. The third kappa shape index (κ3) is 4.58. The number of ether oxygens (including phenoxy) is 1. The molecule has 0 aromatic heterocycles. The second-order valence-corrected chi connectivity index (χ2v) is 9.88. The number of likely N-dealkylation sites (N-methyl/N-ethyl adjacent to an activating group) is 1. The van der Waals surface area contributed by atoms with Crippen LogP contribution in [0.25, 0.3) is 0 Å². The molecule has 5 rings (SSSR count). The predicted molar refractivity (Wildman–Crippen MR) is 106 cm³/mol. The van der Waals surface area contributed by atoms with Crippen LogP contribution < -0.4 is 15.5 Å². The summed E-state index contributed by atoms with van der Waals surface area (Å²) in [6.07, 6.45) is 7.08. The summed E-state index contributed by atoms with van der Waals surface area (Å²) >= 11 is 0. The van der Waals surface area contributed by atoms with E-state index in [1.165, 1.54) is 19.3 Å². The Balaban J connectivity index is 1.26. The van der Waals surface area contributed by atoms with Crippen LogP contribution >= 0.6 is 0 Å². The topological polar surface area (TPSA) is 92.2 Å². The van der Waals surface area contributed by atoms with Gasteiger partial charge in [-0.25, -0.2) is 4.79 Å². The average Bonchev–Trinajstić information content (AvgIpc) is 2.66. The fourth-order valence-corrected chi connectivity index (χ4v) is 6.30. The monoisotopic (exact) mass is 407 g/mol. The van der Waals surface area contributed by atoms with Gasteiger partial charge in [-0.2, -0.15) is 0 Å². The number of nitrogens with one attached hydrogen (secondary N) is 3. The van der Waals surface area contributed by atoms with Crippen LogP contribution in [0.2, 0.25) is 0 Å². The molecule has 1 heterocycles. The summed E-state index contributed by atoms with van der Waals surface area (Å²) in [5.41, 5.74) is -0.118. The number of amides is 4. The van der Waals surface area contributed by atoms with Crippen LogP contribution in [0.3, 0.4) is 0 Å². The van der Waals surface area contributed by atoms with Gasteiger partial charge in [0.15, 0.2) is 12.6 Å². The molecule has 4 aliphatic carbocycles. The second-order valence-electron chi connectivity index (χ2n) is 9.88. The van der Waals surface area contributed by atoms with Crippen molar-refractivity contribution in [2.45, 2.75) is 57.0 Å². The molecule has 1 aliphatic heterocycles. The van der Waals surface area contributed by atoms with E-state index in [9.17, 15) is 14.4 Å². The quantitative estimate of drug-likeness (QED) is 0.575. The Morgan fingerprint density at radius 2 is 1.62 bits per heavy atom. The molecule has 162 valence electrons. The Morgan fingerprint density at radius 3 is 2.17 bits per heavy atom. The van der Waals surface area contributed by atoms with Crippen molar-refractivity contribution in [3.05, 3.63) is 0 Å². The van der Waals surface area contributed by atoms with Gasteiger partial charge in [0, 0.05) is 18.6 Å². The normalized spacial score (nSPS) is 35.1. The lowest BCUT2D eigenvalue weighted by Crippen LogP contribution is -3.15. The standard InChI is InChI=1S/C21H34N4O4/c1-14(24(2)13-18(26)25-3-5-29-6-4-25)19(27)22-20(28)23-21-10-15-7-16(11-21)9-17(8-15)12-21/h14-17H,3-13H2,1-2H3,(H2,22,23,27,28)/p+1/t14-,15?,16?,17?,21?/m1/s1. The molecular formula is C21H35N4O4+. The van der Waals surface area contributed by atoms with Gasteiger partial charge in [-0.15, -0.1) is 0 Å². The van der Waals surface area contributed by atoms with Crippen LogP contribution in [0.15, 0.2) is 0 Å². The van der Waals surface area contributed by atoms with Gasteiger partial charge in [0.1, 0.15) is 0 Å². The Kier molecular flexibility index (Phi) is 5.84. The van der Waals surface area contributed by atoms with Gasteiger partial charge >= 0.3 is 6.03 Å². The van der Waals surface area contributed by atoms with Crippen molar-refractivity contribution in [2.75, 3.05) is 39.9 Å². The number of carbonyl (C=O) groups is 3. The second kappa shape index (κ2) is 8.22. The number of hydrogen-bond donors (Lipinski definition) is 3. The molecule has 4 bridgehead atoms. The van der Waals surface area contributed by atoms with Crippen molar-refractivity contribution in [1.82, 2.24) is 15.5 Å². The SMILES string of the molecule is C[C@H](C(=O)NC(=O)NC12CC3CC(CC(C3)C1)C2)[NH+](C)CC(=O)N1CCOCC1. The number of carbonyl (C=O) groups excluding carboxylic acids is 3. The molecule has 1 saturated heterocycles. The smallest absolute Gasteiger partial charge is 0.322 e. The Labute approximate surface area is 172 Å². The van der Waals surface area contributed by atoms with Crippen LogP contribution in [0.5, 0.6) is 0 Å². The molecule has 0 spiro atoms. The van der Waals surface area contributed by atoms with E-state index in [2.05, 4.69) is 10.6 Å². The first-order chi connectivity index (χ1) is 13.8. The maximum Gasteiger partial charge on any atom is 0.322 e. The van der Waals surface area contributed by atoms with Crippen molar-refractivity contribution in [1.29, 1.82) is 0 Å². The van der Waals surface area contributed by atoms with E-state index < -0.39 is 6.04 Å². The van der Waals surface area contributed by atoms with Crippen LogP contribution in [0, 0.1) is 17.8 Å². The molecule has 1 unspecified atom stereocenters. The summed E-state index contributed by atoms with van der Waals surface area (Å²) in [4.78, 5) is 40.2. The lowest BCUT2D eigenvalue weighted by molar-refractivity contribution is -0.886. The number of imide groups is 1. The van der Waals surface area contributed by atoms with Gasteiger partial charge in [-0.3, -0.25) is 14.9 Å². The summed E-state index contributed by atoms with van der Waals surface area (Å²) in [7, 11) is 1.82. The first-order valence-corrected chi connectivity index (χ1v) is 11.1. The molecule has 3 N–H and O–H groups in total. The Bertz CT molecular complexity index is 626. The molecule has 4 amide bonds. The zero-order valence-electron chi connectivity index (χ0n) is 17.7. The molecule has 0 aromatic rings. The van der Waals surface area contributed by atoms with Gasteiger partial charge in [-0.1, -0.05) is 0 Å². The highest BCUT2D eigenvalue weighted by Gasteiger charge is 2.51. The van der Waals surface area contributed by atoms with Crippen LogP contribution in [-0.2, 0) is 14.3 Å². The van der Waals surface area contributed by atoms with Gasteiger partial charge in [-0.05, 0) is 63.2 Å². The van der Waals surface area contributed by atoms with Gasteiger partial charge in [0.05, 0.1) is 20.3 Å². The minimum atomic E-state index is -0.484. The molecule has 8 nitrogen and oxygen atoms in total. The number of morpholine rings is 1. The molecule has 0 aromatic carbocycles. The first kappa shape index (κ1) is 20.6. The largest absolute Gasteiger partial charge is 0.378 e. The predicted octanol–water partition coefficient (Wildman–Crippen LogP) is -0.457. The zero-order chi connectivity index (χ0) is 20.6. The minimum Gasteiger partial charge on any atom is -0.378 e. The maximum absolute atomic E-state index is 12.6. The van der Waals surface area contributed by atoms with E-state index in [-0.39, 0.29) is 29.9 Å². The van der Waals surface area contributed by atoms with Gasteiger partial charge in [0.2, 0.25) is 0 Å². The molecule has 0 radical (unpaired) electrons. The van der Waals surface area contributed by atoms with E-state index in [1.54, 1.807) is 11.8 Å². The summed E-state index contributed by atoms with van der Waals surface area (Å²) in [5.74, 6) is 1.89. The fourth-order valence-electron chi connectivity index (χ4n) is 6.30. The van der Waals surface area contributed by atoms with Crippen LogP contribution in [-0.4, -0.2) is 74.2 Å². The summed E-state index contributed by atoms with van der Waals surface area (Å²) < 4.78 is 5.27. The van der Waals surface area contributed by atoms with E-state index in [1.807, 2.05) is 7.05 Å². The van der Waals surface area contributed by atoms with Crippen molar-refractivity contribution >= 4 is 17.8 Å². The van der Waals surface area contributed by atoms with Crippen molar-refractivity contribution < 1.29 is 24.0 Å². The maximum atomic E-state index is 12.6. The van der Waals surface area contributed by atoms with E-state index in [0.29, 0.717) is 26.3 Å². The lowest BCUT2D eigenvalue weighted by atomic mass is 9.53. The molecule has 4 saturated carbocycles.